The number of likely N-dealkylation sites (tertiary alicyclic amines) is 1. The number of hydrogen-bond acceptors (Lipinski definition) is 4. The van der Waals surface area contributed by atoms with E-state index >= 15 is 0 Å². The summed E-state index contributed by atoms with van der Waals surface area (Å²) in [6, 6.07) is 8.72. The third kappa shape index (κ3) is 4.12. The standard InChI is InChI=1S/C18H18FN3O3/c19-14-4-1-12(2-5-14)18(24)22-9-7-15(8-10-22)25-16-6-3-13(11-21-16)17(20)23/h1-6,11,15H,7-10H2,(H2,20,23). The molecule has 1 aromatic heterocycles. The highest BCUT2D eigenvalue weighted by Gasteiger charge is 2.25. The van der Waals surface area contributed by atoms with Crippen molar-refractivity contribution in [1.82, 2.24) is 9.88 Å². The van der Waals surface area contributed by atoms with Crippen LogP contribution in [0, 0.1) is 5.82 Å². The minimum absolute atomic E-state index is 0.0517. The Morgan fingerprint density at radius 1 is 1.08 bits per heavy atom. The topological polar surface area (TPSA) is 85.5 Å². The third-order valence-corrected chi connectivity index (χ3v) is 4.13. The molecular weight excluding hydrogens is 325 g/mol. The number of ether oxygens (including phenoxy) is 1. The first-order valence-corrected chi connectivity index (χ1v) is 8.00. The number of nitrogens with zero attached hydrogens (tertiary/aromatic N) is 2. The van der Waals surface area contributed by atoms with Crippen LogP contribution in [-0.4, -0.2) is 40.9 Å². The summed E-state index contributed by atoms with van der Waals surface area (Å²) in [5.41, 5.74) is 5.97. The van der Waals surface area contributed by atoms with Gasteiger partial charge < -0.3 is 15.4 Å². The quantitative estimate of drug-likeness (QED) is 0.920. The Morgan fingerprint density at radius 2 is 1.72 bits per heavy atom. The van der Waals surface area contributed by atoms with Gasteiger partial charge in [-0.25, -0.2) is 9.37 Å². The van der Waals surface area contributed by atoms with Gasteiger partial charge in [0.1, 0.15) is 11.9 Å². The normalized spacial score (nSPS) is 15.0. The van der Waals surface area contributed by atoms with E-state index in [1.54, 1.807) is 17.0 Å². The molecule has 2 amide bonds. The summed E-state index contributed by atoms with van der Waals surface area (Å²) >= 11 is 0. The van der Waals surface area contributed by atoms with Gasteiger partial charge in [0, 0.05) is 43.8 Å². The van der Waals surface area contributed by atoms with Crippen molar-refractivity contribution in [3.63, 3.8) is 0 Å². The van der Waals surface area contributed by atoms with Gasteiger partial charge in [-0.2, -0.15) is 0 Å². The molecule has 25 heavy (non-hydrogen) atoms. The number of carbonyl (C=O) groups excluding carboxylic acids is 2. The van der Waals surface area contributed by atoms with E-state index < -0.39 is 5.91 Å². The largest absolute Gasteiger partial charge is 0.474 e. The fourth-order valence-corrected chi connectivity index (χ4v) is 2.72. The Hall–Kier alpha value is -2.96. The molecule has 0 atom stereocenters. The van der Waals surface area contributed by atoms with Crippen LogP contribution in [0.3, 0.4) is 0 Å². The second-order valence-corrected chi connectivity index (χ2v) is 5.87. The van der Waals surface area contributed by atoms with Gasteiger partial charge in [0.2, 0.25) is 11.8 Å². The fraction of sp³-hybridized carbons (Fsp3) is 0.278. The lowest BCUT2D eigenvalue weighted by atomic mass is 10.1. The molecule has 1 saturated heterocycles. The van der Waals surface area contributed by atoms with Crippen LogP contribution in [0.25, 0.3) is 0 Å². The maximum atomic E-state index is 12.9. The Kier molecular flexibility index (Phi) is 4.92. The average molecular weight is 343 g/mol. The third-order valence-electron chi connectivity index (χ3n) is 4.13. The van der Waals surface area contributed by atoms with Gasteiger partial charge in [0.25, 0.3) is 5.91 Å². The first kappa shape index (κ1) is 16.9. The minimum atomic E-state index is -0.535. The number of primary amides is 1. The number of amides is 2. The van der Waals surface area contributed by atoms with E-state index in [1.807, 2.05) is 0 Å². The average Bonchev–Trinajstić information content (AvgIpc) is 2.63. The van der Waals surface area contributed by atoms with Crippen molar-refractivity contribution in [2.24, 2.45) is 5.73 Å². The van der Waals surface area contributed by atoms with E-state index in [4.69, 9.17) is 10.5 Å². The Morgan fingerprint density at radius 3 is 2.28 bits per heavy atom. The van der Waals surface area contributed by atoms with E-state index in [1.165, 1.54) is 30.5 Å². The summed E-state index contributed by atoms with van der Waals surface area (Å²) in [7, 11) is 0. The molecule has 0 aliphatic carbocycles. The number of halogens is 1. The van der Waals surface area contributed by atoms with Crippen molar-refractivity contribution in [3.05, 3.63) is 59.5 Å². The van der Waals surface area contributed by atoms with Gasteiger partial charge in [-0.15, -0.1) is 0 Å². The van der Waals surface area contributed by atoms with E-state index in [0.717, 1.165) is 0 Å². The lowest BCUT2D eigenvalue weighted by molar-refractivity contribution is 0.0588. The van der Waals surface area contributed by atoms with Crippen molar-refractivity contribution >= 4 is 11.8 Å². The summed E-state index contributed by atoms with van der Waals surface area (Å²) in [4.78, 5) is 29.2. The highest BCUT2D eigenvalue weighted by molar-refractivity contribution is 5.94. The number of carbonyl (C=O) groups is 2. The molecule has 1 aliphatic heterocycles. The molecule has 130 valence electrons. The van der Waals surface area contributed by atoms with E-state index in [2.05, 4.69) is 4.98 Å². The predicted molar refractivity (Wildman–Crippen MR) is 88.7 cm³/mol. The van der Waals surface area contributed by atoms with Crippen molar-refractivity contribution < 1.29 is 18.7 Å². The number of rotatable bonds is 4. The summed E-state index contributed by atoms with van der Waals surface area (Å²) in [6.07, 6.45) is 2.67. The molecule has 2 heterocycles. The van der Waals surface area contributed by atoms with Crippen molar-refractivity contribution in [2.75, 3.05) is 13.1 Å². The van der Waals surface area contributed by atoms with Crippen LogP contribution in [0.4, 0.5) is 4.39 Å². The molecule has 1 aliphatic rings. The van der Waals surface area contributed by atoms with Crippen LogP contribution in [0.2, 0.25) is 0 Å². The second-order valence-electron chi connectivity index (χ2n) is 5.87. The zero-order chi connectivity index (χ0) is 17.8. The molecule has 2 aromatic rings. The molecule has 0 radical (unpaired) electrons. The number of benzene rings is 1. The lowest BCUT2D eigenvalue weighted by Gasteiger charge is -2.32. The minimum Gasteiger partial charge on any atom is -0.474 e. The molecule has 2 N–H and O–H groups in total. The fourth-order valence-electron chi connectivity index (χ4n) is 2.72. The van der Waals surface area contributed by atoms with Crippen LogP contribution >= 0.6 is 0 Å². The maximum Gasteiger partial charge on any atom is 0.253 e. The van der Waals surface area contributed by atoms with Crippen LogP contribution < -0.4 is 10.5 Å². The van der Waals surface area contributed by atoms with Gasteiger partial charge in [-0.05, 0) is 30.3 Å². The molecular formula is C18H18FN3O3. The molecule has 0 spiro atoms. The van der Waals surface area contributed by atoms with Crippen LogP contribution in [0.15, 0.2) is 42.6 Å². The molecule has 7 heteroatoms. The first-order valence-electron chi connectivity index (χ1n) is 8.00. The number of pyridine rings is 1. The van der Waals surface area contributed by atoms with Crippen molar-refractivity contribution in [1.29, 1.82) is 0 Å². The first-order chi connectivity index (χ1) is 12.0. The molecule has 0 unspecified atom stereocenters. The molecule has 6 nitrogen and oxygen atoms in total. The van der Waals surface area contributed by atoms with E-state index in [-0.39, 0.29) is 17.8 Å². The van der Waals surface area contributed by atoms with Crippen molar-refractivity contribution in [3.8, 4) is 5.88 Å². The van der Waals surface area contributed by atoms with Gasteiger partial charge in [-0.3, -0.25) is 9.59 Å². The Balaban J connectivity index is 1.53. The number of piperidine rings is 1. The van der Waals surface area contributed by atoms with Gasteiger partial charge in [0.15, 0.2) is 0 Å². The number of hydrogen-bond donors (Lipinski definition) is 1. The van der Waals surface area contributed by atoms with Gasteiger partial charge >= 0.3 is 0 Å². The molecule has 1 aromatic carbocycles. The monoisotopic (exact) mass is 343 g/mol. The summed E-state index contributed by atoms with van der Waals surface area (Å²) < 4.78 is 18.7. The molecule has 0 bridgehead atoms. The Bertz CT molecular complexity index is 754. The smallest absolute Gasteiger partial charge is 0.253 e. The number of nitrogens with two attached hydrogens (primary N) is 1. The van der Waals surface area contributed by atoms with Crippen LogP contribution in [-0.2, 0) is 0 Å². The van der Waals surface area contributed by atoms with Crippen LogP contribution in [0.1, 0.15) is 33.6 Å². The molecule has 1 fully saturated rings. The summed E-state index contributed by atoms with van der Waals surface area (Å²) in [5.74, 6) is -0.583. The molecule has 0 saturated carbocycles. The van der Waals surface area contributed by atoms with E-state index in [9.17, 15) is 14.0 Å². The van der Waals surface area contributed by atoms with Gasteiger partial charge in [0.05, 0.1) is 5.56 Å². The van der Waals surface area contributed by atoms with Crippen LogP contribution in [0.5, 0.6) is 5.88 Å². The SMILES string of the molecule is NC(=O)c1ccc(OC2CCN(C(=O)c3ccc(F)cc3)CC2)nc1. The maximum absolute atomic E-state index is 12.9. The zero-order valence-corrected chi connectivity index (χ0v) is 13.5. The second kappa shape index (κ2) is 7.29. The van der Waals surface area contributed by atoms with E-state index in [0.29, 0.717) is 42.9 Å². The highest BCUT2D eigenvalue weighted by Crippen LogP contribution is 2.19. The lowest BCUT2D eigenvalue weighted by Crippen LogP contribution is -2.41. The van der Waals surface area contributed by atoms with Crippen molar-refractivity contribution in [2.45, 2.75) is 18.9 Å². The molecule has 3 rings (SSSR count). The predicted octanol–water partition coefficient (Wildman–Crippen LogP) is 2.00. The van der Waals surface area contributed by atoms with Gasteiger partial charge in [-0.1, -0.05) is 0 Å². The highest BCUT2D eigenvalue weighted by atomic mass is 19.1. The summed E-state index contributed by atoms with van der Waals surface area (Å²) in [5, 5.41) is 0. The summed E-state index contributed by atoms with van der Waals surface area (Å²) in [6.45, 7) is 1.11. The Labute approximate surface area is 144 Å². The zero-order valence-electron chi connectivity index (χ0n) is 13.5. The number of aromatic nitrogens is 1.